The second-order valence-corrected chi connectivity index (χ2v) is 15.0. The van der Waals surface area contributed by atoms with Crippen LogP contribution < -0.4 is 0 Å². The van der Waals surface area contributed by atoms with Gasteiger partial charge in [0.2, 0.25) is 0 Å². The van der Waals surface area contributed by atoms with Gasteiger partial charge in [-0.05, 0) is 0 Å². The van der Waals surface area contributed by atoms with E-state index in [2.05, 4.69) is 0 Å². The van der Waals surface area contributed by atoms with Gasteiger partial charge < -0.3 is 0 Å². The third-order valence-corrected chi connectivity index (χ3v) is 13.0. The molecule has 0 saturated heterocycles. The van der Waals surface area contributed by atoms with E-state index >= 15 is 0 Å². The van der Waals surface area contributed by atoms with E-state index in [4.69, 9.17) is 9.47 Å². The molecule has 4 atom stereocenters. The first-order valence-corrected chi connectivity index (χ1v) is 12.3. The Morgan fingerprint density at radius 1 is 1.12 bits per heavy atom. The topological polar surface area (TPSA) is 18.5 Å². The Balaban J connectivity index is 2.25. The number of methoxy groups -OCH3 is 2. The predicted molar refractivity (Wildman–Crippen MR) is 54.7 cm³/mol. The van der Waals surface area contributed by atoms with Crippen LogP contribution in [0.4, 0.5) is 0 Å². The van der Waals surface area contributed by atoms with Crippen LogP contribution in [-0.2, 0) is 61.7 Å². The molecule has 0 aromatic heterocycles. The molecule has 0 N–H and O–H groups in total. The summed E-state index contributed by atoms with van der Waals surface area (Å²) in [5.41, 5.74) is 0.260. The molecule has 0 spiro atoms. The Bertz CT molecular complexity index is 261. The fourth-order valence-electron chi connectivity index (χ4n) is 3.76. The summed E-state index contributed by atoms with van der Waals surface area (Å²) in [6, 6.07) is 0. The number of hydrogen-bond acceptors (Lipinski definition) is 2. The van der Waals surface area contributed by atoms with E-state index in [9.17, 15) is 0 Å². The van der Waals surface area contributed by atoms with Crippen LogP contribution in [0.15, 0.2) is 0 Å². The molecular weight excluding hydrogens is 577 g/mol. The summed E-state index contributed by atoms with van der Waals surface area (Å²) >= 11 is 1.60. The summed E-state index contributed by atoms with van der Waals surface area (Å²) in [5, 5.41) is 0. The quantitative estimate of drug-likeness (QED) is 0.457. The maximum absolute atomic E-state index is 6.07. The molecule has 4 heteroatoms. The third kappa shape index (κ3) is 2.30. The van der Waals surface area contributed by atoms with Gasteiger partial charge in [0.1, 0.15) is 0 Å². The van der Waals surface area contributed by atoms with Crippen molar-refractivity contribution >= 4 is 0 Å². The molecule has 0 aromatic rings. The first-order chi connectivity index (χ1) is 7.57. The number of rotatable bonds is 2. The summed E-state index contributed by atoms with van der Waals surface area (Å²) in [6.45, 7) is 0. The Morgan fingerprint density at radius 3 is 2.44 bits per heavy atom. The molecule has 0 amide bonds. The average Bonchev–Trinajstić information content (AvgIpc) is 2.29. The second-order valence-electron chi connectivity index (χ2n) is 5.63. The number of fused-ring (bicyclic) bond motifs is 1. The zero-order valence-corrected chi connectivity index (χ0v) is 21.6. The summed E-state index contributed by atoms with van der Waals surface area (Å²) in [5.74, 6) is 0. The fraction of sp³-hybridized carbons (Fsp3) is 1.00. The Kier molecular flexibility index (Phi) is 4.81. The van der Waals surface area contributed by atoms with Crippen molar-refractivity contribution in [1.29, 1.82) is 0 Å². The van der Waals surface area contributed by atoms with E-state index < -0.39 is 0 Å². The SMILES string of the molecule is COC1C[C]2([Hg])CCCCC2(OC)C[CH]1[Hg]. The third-order valence-electron chi connectivity index (χ3n) is 4.86. The van der Waals surface area contributed by atoms with E-state index in [1.54, 1.807) is 0 Å². The van der Waals surface area contributed by atoms with Gasteiger partial charge in [-0.25, -0.2) is 0 Å². The molecule has 4 unspecified atom stereocenters. The Labute approximate surface area is 131 Å². The molecule has 0 aliphatic heterocycles. The maximum atomic E-state index is 6.07. The van der Waals surface area contributed by atoms with Crippen molar-refractivity contribution in [3.63, 3.8) is 0 Å². The molecule has 2 aliphatic rings. The molecule has 2 saturated carbocycles. The zero-order valence-electron chi connectivity index (χ0n) is 10.6. The zero-order chi connectivity index (χ0) is 11.8. The first kappa shape index (κ1) is 14.2. The molecule has 2 fully saturated rings. The van der Waals surface area contributed by atoms with E-state index in [1.165, 1.54) is 38.5 Å². The molecule has 16 heavy (non-hydrogen) atoms. The molecule has 0 heterocycles. The van der Waals surface area contributed by atoms with Gasteiger partial charge in [-0.15, -0.1) is 0 Å². The molecule has 0 aromatic carbocycles. The van der Waals surface area contributed by atoms with Crippen molar-refractivity contribution in [2.45, 2.75) is 56.6 Å². The van der Waals surface area contributed by atoms with E-state index in [0.29, 0.717) is 9.03 Å². The van der Waals surface area contributed by atoms with Crippen molar-refractivity contribution in [3.8, 4) is 0 Å². The predicted octanol–water partition coefficient (Wildman–Crippen LogP) is 2.80. The summed E-state index contributed by atoms with van der Waals surface area (Å²) in [4.78, 5) is 0. The van der Waals surface area contributed by atoms with Gasteiger partial charge in [0, 0.05) is 0 Å². The number of hydrogen-bond donors (Lipinski definition) is 0. The molecule has 84 valence electrons. The van der Waals surface area contributed by atoms with Gasteiger partial charge >= 0.3 is 133 Å². The van der Waals surface area contributed by atoms with Crippen molar-refractivity contribution < 1.29 is 61.7 Å². The first-order valence-electron chi connectivity index (χ1n) is 6.33. The van der Waals surface area contributed by atoms with Gasteiger partial charge in [-0.3, -0.25) is 0 Å². The van der Waals surface area contributed by atoms with E-state index in [-0.39, 0.29) is 5.60 Å². The van der Waals surface area contributed by atoms with Crippen molar-refractivity contribution in [1.82, 2.24) is 0 Å². The summed E-state index contributed by atoms with van der Waals surface area (Å²) in [6.07, 6.45) is 8.68. The molecule has 0 bridgehead atoms. The fourth-order valence-corrected chi connectivity index (χ4v) is 10.9. The molecule has 2 aliphatic carbocycles. The Hall–Kier alpha value is 1.79. The van der Waals surface area contributed by atoms with Crippen LogP contribution in [-0.4, -0.2) is 25.9 Å². The van der Waals surface area contributed by atoms with Gasteiger partial charge in [0.15, 0.2) is 0 Å². The van der Waals surface area contributed by atoms with Crippen molar-refractivity contribution in [2.75, 3.05) is 14.2 Å². The standard InChI is InChI=1S/C12H20O2.2Hg/c1-13-11-6-8-12(14-2)7-4-3-5-10(12)9-11;;/h6,11H,3-5,7-9H2,1-2H3;;. The summed E-state index contributed by atoms with van der Waals surface area (Å²) < 4.78 is 13.2. The summed E-state index contributed by atoms with van der Waals surface area (Å²) in [7, 11) is 3.87. The average molecular weight is 597 g/mol. The van der Waals surface area contributed by atoms with Crippen LogP contribution >= 0.6 is 0 Å². The molecule has 2 rings (SSSR count). The van der Waals surface area contributed by atoms with Gasteiger partial charge in [0.05, 0.1) is 0 Å². The Morgan fingerprint density at radius 2 is 1.81 bits per heavy atom. The van der Waals surface area contributed by atoms with Crippen LogP contribution in [0, 0.1) is 0 Å². The molecule has 2 nitrogen and oxygen atoms in total. The van der Waals surface area contributed by atoms with Crippen molar-refractivity contribution in [2.24, 2.45) is 0 Å². The minimum atomic E-state index is 0.260. The van der Waals surface area contributed by atoms with Gasteiger partial charge in [-0.1, -0.05) is 0 Å². The van der Waals surface area contributed by atoms with E-state index in [1.807, 2.05) is 14.2 Å². The molecule has 0 radical (unpaired) electrons. The van der Waals surface area contributed by atoms with Crippen molar-refractivity contribution in [3.05, 3.63) is 0 Å². The van der Waals surface area contributed by atoms with Crippen LogP contribution in [0.1, 0.15) is 38.5 Å². The van der Waals surface area contributed by atoms with E-state index in [0.717, 1.165) is 55.7 Å². The van der Waals surface area contributed by atoms with Crippen LogP contribution in [0.2, 0.25) is 6.35 Å². The van der Waals surface area contributed by atoms with Gasteiger partial charge in [-0.2, -0.15) is 0 Å². The monoisotopic (exact) mass is 600 g/mol. The van der Waals surface area contributed by atoms with Gasteiger partial charge in [0.25, 0.3) is 0 Å². The normalized spacial score (nSPS) is 48.9. The van der Waals surface area contributed by atoms with Crippen LogP contribution in [0.25, 0.3) is 0 Å². The molecular formula is C12H20Hg2O2. The van der Waals surface area contributed by atoms with Crippen LogP contribution in [0.5, 0.6) is 0 Å². The second kappa shape index (κ2) is 5.42. The van der Waals surface area contributed by atoms with Crippen LogP contribution in [0.3, 0.4) is 0 Å². The number of ether oxygens (including phenoxy) is 2. The minimum absolute atomic E-state index is 0.260.